The molecule has 26 heavy (non-hydrogen) atoms. The van der Waals surface area contributed by atoms with Crippen molar-refractivity contribution in [2.24, 2.45) is 0 Å². The maximum absolute atomic E-state index is 8.77. The maximum atomic E-state index is 8.77. The highest BCUT2D eigenvalue weighted by Crippen LogP contribution is 2.37. The molecule has 2 aromatic rings. The number of rotatable bonds is 7. The first-order valence-electron chi connectivity index (χ1n) is 8.91. The Labute approximate surface area is 158 Å². The molecular formula is C23H27NOSi. The van der Waals surface area contributed by atoms with Crippen molar-refractivity contribution in [1.82, 2.24) is 0 Å². The molecule has 0 spiro atoms. The van der Waals surface area contributed by atoms with Gasteiger partial charge >= 0.3 is 0 Å². The average molecular weight is 362 g/mol. The molecular weight excluding hydrogens is 334 g/mol. The van der Waals surface area contributed by atoms with Crippen molar-refractivity contribution in [2.45, 2.75) is 38.3 Å². The topological polar surface area (TPSA) is 33.0 Å². The van der Waals surface area contributed by atoms with Crippen molar-refractivity contribution in [1.29, 1.82) is 5.26 Å². The van der Waals surface area contributed by atoms with Crippen molar-refractivity contribution in [3.8, 4) is 6.07 Å². The fourth-order valence-corrected chi connectivity index (χ4v) is 8.03. The van der Waals surface area contributed by atoms with Crippen LogP contribution in [0.1, 0.15) is 27.2 Å². The van der Waals surface area contributed by atoms with Gasteiger partial charge in [0.05, 0.1) is 12.2 Å². The molecule has 0 fully saturated rings. The molecule has 1 atom stereocenters. The van der Waals surface area contributed by atoms with E-state index in [-0.39, 0.29) is 11.1 Å². The summed E-state index contributed by atoms with van der Waals surface area (Å²) in [6.07, 6.45) is 5.70. The summed E-state index contributed by atoms with van der Waals surface area (Å²) < 4.78 is 6.93. The predicted molar refractivity (Wildman–Crippen MR) is 112 cm³/mol. The SMILES string of the molecule is C=CC(C/C=C/C#N)O[Si](c1ccccc1)(c1ccccc1)C(C)(C)C. The second-order valence-corrected chi connectivity index (χ2v) is 11.6. The Hall–Kier alpha value is -2.41. The van der Waals surface area contributed by atoms with Gasteiger partial charge in [0.15, 0.2) is 0 Å². The molecule has 0 radical (unpaired) electrons. The van der Waals surface area contributed by atoms with Gasteiger partial charge in [-0.2, -0.15) is 5.26 Å². The maximum Gasteiger partial charge on any atom is 0.261 e. The smallest absolute Gasteiger partial charge is 0.261 e. The van der Waals surface area contributed by atoms with E-state index in [9.17, 15) is 0 Å². The summed E-state index contributed by atoms with van der Waals surface area (Å²) >= 11 is 0. The summed E-state index contributed by atoms with van der Waals surface area (Å²) in [5.74, 6) is 0. The monoisotopic (exact) mass is 361 g/mol. The minimum atomic E-state index is -2.58. The van der Waals surface area contributed by atoms with E-state index in [1.807, 2.05) is 30.4 Å². The number of nitriles is 1. The van der Waals surface area contributed by atoms with Crippen LogP contribution in [0.2, 0.25) is 5.04 Å². The molecule has 0 aromatic heterocycles. The van der Waals surface area contributed by atoms with Crippen LogP contribution in [-0.4, -0.2) is 14.4 Å². The molecule has 2 nitrogen and oxygen atoms in total. The Bertz CT molecular complexity index is 730. The molecule has 0 saturated carbocycles. The van der Waals surface area contributed by atoms with E-state index >= 15 is 0 Å². The lowest BCUT2D eigenvalue weighted by Gasteiger charge is -2.44. The fraction of sp³-hybridized carbons (Fsp3) is 0.261. The molecule has 0 aliphatic rings. The van der Waals surface area contributed by atoms with Gasteiger partial charge in [-0.15, -0.1) is 6.58 Å². The van der Waals surface area contributed by atoms with Crippen LogP contribution in [0.5, 0.6) is 0 Å². The third-order valence-corrected chi connectivity index (χ3v) is 9.63. The molecule has 1 unspecified atom stereocenters. The van der Waals surface area contributed by atoms with Crippen LogP contribution < -0.4 is 10.4 Å². The standard InChI is InChI=1S/C23H27NOSi/c1-5-20(14-12-13-19-24)25-26(23(2,3)4,21-15-8-6-9-16-21)22-17-10-7-11-18-22/h5-13,15-18,20H,1,14H2,2-4H3/b13-12+. The van der Waals surface area contributed by atoms with Gasteiger partial charge in [0.1, 0.15) is 0 Å². The number of hydrogen-bond donors (Lipinski definition) is 0. The first kappa shape index (κ1) is 19.9. The molecule has 2 aromatic carbocycles. The lowest BCUT2D eigenvalue weighted by Crippen LogP contribution is -2.67. The summed E-state index contributed by atoms with van der Waals surface area (Å²) in [5, 5.41) is 11.2. The van der Waals surface area contributed by atoms with Crippen molar-refractivity contribution in [2.75, 3.05) is 0 Å². The minimum Gasteiger partial charge on any atom is -0.401 e. The molecule has 0 aliphatic heterocycles. The molecule has 0 aliphatic carbocycles. The molecule has 2 rings (SSSR count). The molecule has 3 heteroatoms. The summed E-state index contributed by atoms with van der Waals surface area (Å²) in [4.78, 5) is 0. The van der Waals surface area contributed by atoms with Crippen molar-refractivity contribution in [3.05, 3.63) is 85.5 Å². The van der Waals surface area contributed by atoms with E-state index in [1.54, 1.807) is 0 Å². The molecule has 0 N–H and O–H groups in total. The average Bonchev–Trinajstić information content (AvgIpc) is 2.65. The first-order valence-corrected chi connectivity index (χ1v) is 10.8. The fourth-order valence-electron chi connectivity index (χ4n) is 3.37. The van der Waals surface area contributed by atoms with E-state index in [0.717, 1.165) is 0 Å². The highest BCUT2D eigenvalue weighted by molar-refractivity contribution is 6.99. The Balaban J connectivity index is 2.62. The summed E-state index contributed by atoms with van der Waals surface area (Å²) in [7, 11) is -2.58. The van der Waals surface area contributed by atoms with Crippen LogP contribution in [0.3, 0.4) is 0 Å². The third kappa shape index (κ3) is 4.22. The van der Waals surface area contributed by atoms with Gasteiger partial charge in [-0.1, -0.05) is 93.6 Å². The van der Waals surface area contributed by atoms with Crippen molar-refractivity contribution >= 4 is 18.7 Å². The second kappa shape index (κ2) is 8.80. The second-order valence-electron chi connectivity index (χ2n) is 7.32. The van der Waals surface area contributed by atoms with Crippen LogP contribution in [0.15, 0.2) is 85.5 Å². The molecule has 0 heterocycles. The summed E-state index contributed by atoms with van der Waals surface area (Å²) in [5.41, 5.74) is 0. The van der Waals surface area contributed by atoms with Crippen LogP contribution in [0, 0.1) is 11.3 Å². The zero-order valence-corrected chi connectivity index (χ0v) is 16.9. The quantitative estimate of drug-likeness (QED) is 0.410. The zero-order valence-electron chi connectivity index (χ0n) is 15.9. The Morgan fingerprint density at radius 1 is 1.04 bits per heavy atom. The number of allylic oxidation sites excluding steroid dienone is 1. The van der Waals surface area contributed by atoms with Gasteiger partial charge in [0, 0.05) is 6.08 Å². The highest BCUT2D eigenvalue weighted by Gasteiger charge is 2.51. The predicted octanol–water partition coefficient (Wildman–Crippen LogP) is 4.59. The van der Waals surface area contributed by atoms with E-state index in [2.05, 4.69) is 75.9 Å². The molecule has 134 valence electrons. The molecule has 0 amide bonds. The van der Waals surface area contributed by atoms with Gasteiger partial charge in [-0.25, -0.2) is 0 Å². The number of benzene rings is 2. The Morgan fingerprint density at radius 2 is 1.54 bits per heavy atom. The van der Waals surface area contributed by atoms with Gasteiger partial charge < -0.3 is 4.43 Å². The van der Waals surface area contributed by atoms with Gasteiger partial charge in [0.25, 0.3) is 8.32 Å². The van der Waals surface area contributed by atoms with E-state index < -0.39 is 8.32 Å². The van der Waals surface area contributed by atoms with Gasteiger partial charge in [0.2, 0.25) is 0 Å². The zero-order chi connectivity index (χ0) is 19.0. The normalized spacial score (nSPS) is 13.3. The highest BCUT2D eigenvalue weighted by atomic mass is 28.4. The summed E-state index contributed by atoms with van der Waals surface area (Å²) in [6.45, 7) is 10.7. The van der Waals surface area contributed by atoms with Crippen LogP contribution in [-0.2, 0) is 4.43 Å². The first-order chi connectivity index (χ1) is 12.5. The lowest BCUT2D eigenvalue weighted by atomic mass is 10.2. The minimum absolute atomic E-state index is 0.0735. The third-order valence-electron chi connectivity index (χ3n) is 4.57. The van der Waals surface area contributed by atoms with Gasteiger partial charge in [-0.05, 0) is 21.8 Å². The molecule has 0 bridgehead atoms. The van der Waals surface area contributed by atoms with E-state index in [4.69, 9.17) is 9.69 Å². The lowest BCUT2D eigenvalue weighted by molar-refractivity contribution is 0.236. The summed E-state index contributed by atoms with van der Waals surface area (Å²) in [6, 6.07) is 23.1. The van der Waals surface area contributed by atoms with E-state index in [1.165, 1.54) is 16.4 Å². The van der Waals surface area contributed by atoms with Gasteiger partial charge in [-0.3, -0.25) is 0 Å². The van der Waals surface area contributed by atoms with Crippen LogP contribution >= 0.6 is 0 Å². The van der Waals surface area contributed by atoms with Crippen molar-refractivity contribution < 1.29 is 4.43 Å². The number of hydrogen-bond acceptors (Lipinski definition) is 2. The van der Waals surface area contributed by atoms with Crippen LogP contribution in [0.4, 0.5) is 0 Å². The van der Waals surface area contributed by atoms with E-state index in [0.29, 0.717) is 6.42 Å². The van der Waals surface area contributed by atoms with Crippen LogP contribution in [0.25, 0.3) is 0 Å². The molecule has 0 saturated heterocycles. The number of nitrogens with zero attached hydrogens (tertiary/aromatic N) is 1. The Morgan fingerprint density at radius 3 is 1.92 bits per heavy atom. The largest absolute Gasteiger partial charge is 0.401 e. The Kier molecular flexibility index (Phi) is 6.74. The van der Waals surface area contributed by atoms with Crippen molar-refractivity contribution in [3.63, 3.8) is 0 Å².